The van der Waals surface area contributed by atoms with Crippen LogP contribution in [0.4, 0.5) is 11.5 Å². The van der Waals surface area contributed by atoms with Crippen molar-refractivity contribution in [1.82, 2.24) is 4.98 Å². The first kappa shape index (κ1) is 8.45. The third-order valence-electron chi connectivity index (χ3n) is 1.54. The molecule has 5 heteroatoms. The number of rotatable bonds is 2. The molecule has 0 unspecified atom stereocenters. The maximum absolute atomic E-state index is 10.4. The van der Waals surface area contributed by atoms with Crippen LogP contribution < -0.4 is 5.32 Å². The second-order valence-electron chi connectivity index (χ2n) is 2.36. The molecule has 1 rings (SSSR count). The van der Waals surface area contributed by atoms with Gasteiger partial charge in [-0.05, 0) is 13.0 Å². The van der Waals surface area contributed by atoms with E-state index in [-0.39, 0.29) is 5.69 Å². The standard InChI is InChI=1S/C7H9N3O2/c1-5-3-7(8-2)9-4-6(5)10(11)12/h3-4H,1-2H3,(H,8,9). The van der Waals surface area contributed by atoms with Gasteiger partial charge in [-0.2, -0.15) is 0 Å². The normalized spacial score (nSPS) is 9.50. The van der Waals surface area contributed by atoms with Gasteiger partial charge >= 0.3 is 0 Å². The van der Waals surface area contributed by atoms with Gasteiger partial charge in [0.2, 0.25) is 0 Å². The molecule has 0 saturated heterocycles. The Balaban J connectivity index is 3.12. The number of anilines is 1. The topological polar surface area (TPSA) is 68.1 Å². The molecule has 12 heavy (non-hydrogen) atoms. The Hall–Kier alpha value is -1.65. The lowest BCUT2D eigenvalue weighted by Crippen LogP contribution is -1.96. The van der Waals surface area contributed by atoms with E-state index >= 15 is 0 Å². The molecule has 0 fully saturated rings. The van der Waals surface area contributed by atoms with Gasteiger partial charge in [0.25, 0.3) is 5.69 Å². The van der Waals surface area contributed by atoms with Crippen molar-refractivity contribution in [3.8, 4) is 0 Å². The van der Waals surface area contributed by atoms with E-state index in [1.165, 1.54) is 6.20 Å². The van der Waals surface area contributed by atoms with Crippen LogP contribution >= 0.6 is 0 Å². The highest BCUT2D eigenvalue weighted by atomic mass is 16.6. The van der Waals surface area contributed by atoms with E-state index in [0.717, 1.165) is 0 Å². The minimum absolute atomic E-state index is 0.0500. The highest BCUT2D eigenvalue weighted by molar-refractivity contribution is 5.46. The summed E-state index contributed by atoms with van der Waals surface area (Å²) in [6.45, 7) is 1.68. The number of aromatic nitrogens is 1. The van der Waals surface area contributed by atoms with E-state index in [9.17, 15) is 10.1 Å². The summed E-state index contributed by atoms with van der Waals surface area (Å²) >= 11 is 0. The predicted molar refractivity (Wildman–Crippen MR) is 45.2 cm³/mol. The van der Waals surface area contributed by atoms with Crippen molar-refractivity contribution in [2.45, 2.75) is 6.92 Å². The Morgan fingerprint density at radius 2 is 2.33 bits per heavy atom. The molecule has 0 aliphatic carbocycles. The smallest absolute Gasteiger partial charge is 0.290 e. The van der Waals surface area contributed by atoms with Gasteiger partial charge in [-0.1, -0.05) is 0 Å². The molecule has 1 aromatic rings. The van der Waals surface area contributed by atoms with Gasteiger partial charge in [0, 0.05) is 12.6 Å². The zero-order chi connectivity index (χ0) is 9.14. The maximum atomic E-state index is 10.4. The Bertz CT molecular complexity index is 312. The number of nitrogens with one attached hydrogen (secondary N) is 1. The van der Waals surface area contributed by atoms with Crippen LogP contribution in [0.5, 0.6) is 0 Å². The number of pyridine rings is 1. The third-order valence-corrected chi connectivity index (χ3v) is 1.54. The molecule has 0 amide bonds. The molecule has 0 aromatic carbocycles. The quantitative estimate of drug-likeness (QED) is 0.533. The average molecular weight is 167 g/mol. The van der Waals surface area contributed by atoms with Crippen molar-refractivity contribution in [3.63, 3.8) is 0 Å². The zero-order valence-electron chi connectivity index (χ0n) is 6.87. The molecule has 0 radical (unpaired) electrons. The van der Waals surface area contributed by atoms with E-state index in [1.54, 1.807) is 20.0 Å². The van der Waals surface area contributed by atoms with Crippen molar-refractivity contribution in [2.24, 2.45) is 0 Å². The lowest BCUT2D eigenvalue weighted by atomic mass is 10.2. The molecule has 0 spiro atoms. The highest BCUT2D eigenvalue weighted by Gasteiger charge is 2.10. The van der Waals surface area contributed by atoms with Gasteiger partial charge in [0.1, 0.15) is 12.0 Å². The third kappa shape index (κ3) is 1.50. The summed E-state index contributed by atoms with van der Waals surface area (Å²) < 4.78 is 0. The molecule has 0 aliphatic heterocycles. The van der Waals surface area contributed by atoms with Crippen LogP contribution in [0.3, 0.4) is 0 Å². The van der Waals surface area contributed by atoms with Gasteiger partial charge in [0.05, 0.1) is 4.92 Å². The van der Waals surface area contributed by atoms with Crippen molar-refractivity contribution in [3.05, 3.63) is 27.9 Å². The molecule has 64 valence electrons. The Morgan fingerprint density at radius 3 is 2.75 bits per heavy atom. The van der Waals surface area contributed by atoms with E-state index in [2.05, 4.69) is 10.3 Å². The molecule has 1 N–H and O–H groups in total. The maximum Gasteiger partial charge on any atom is 0.290 e. The van der Waals surface area contributed by atoms with Gasteiger partial charge < -0.3 is 5.32 Å². The summed E-state index contributed by atoms with van der Waals surface area (Å²) in [5.74, 6) is 0.637. The van der Waals surface area contributed by atoms with Crippen LogP contribution in [0.1, 0.15) is 5.56 Å². The lowest BCUT2D eigenvalue weighted by Gasteiger charge is -1.99. The SMILES string of the molecule is CNc1cc(C)c([N+](=O)[O-])cn1. The Kier molecular flexibility index (Phi) is 2.23. The average Bonchev–Trinajstić information content (AvgIpc) is 2.03. The number of nitro groups is 1. The number of hydrogen-bond donors (Lipinski definition) is 1. The molecule has 0 bridgehead atoms. The second kappa shape index (κ2) is 3.17. The fraction of sp³-hybridized carbons (Fsp3) is 0.286. The number of aryl methyl sites for hydroxylation is 1. The van der Waals surface area contributed by atoms with Crippen molar-refractivity contribution >= 4 is 11.5 Å². The molecule has 5 nitrogen and oxygen atoms in total. The number of nitrogens with zero attached hydrogens (tertiary/aromatic N) is 2. The fourth-order valence-corrected chi connectivity index (χ4v) is 0.877. The number of hydrogen-bond acceptors (Lipinski definition) is 4. The van der Waals surface area contributed by atoms with Crippen molar-refractivity contribution in [1.29, 1.82) is 0 Å². The highest BCUT2D eigenvalue weighted by Crippen LogP contribution is 2.17. The summed E-state index contributed by atoms with van der Waals surface area (Å²) in [6, 6.07) is 1.64. The minimum atomic E-state index is -0.443. The first-order valence-electron chi connectivity index (χ1n) is 3.44. The van der Waals surface area contributed by atoms with Crippen LogP contribution in [-0.2, 0) is 0 Å². The van der Waals surface area contributed by atoms with Crippen LogP contribution in [0, 0.1) is 17.0 Å². The fourth-order valence-electron chi connectivity index (χ4n) is 0.877. The van der Waals surface area contributed by atoms with Crippen molar-refractivity contribution in [2.75, 3.05) is 12.4 Å². The molecule has 0 atom stereocenters. The molecule has 0 saturated carbocycles. The summed E-state index contributed by atoms with van der Waals surface area (Å²) in [7, 11) is 1.72. The van der Waals surface area contributed by atoms with E-state index in [4.69, 9.17) is 0 Å². The van der Waals surface area contributed by atoms with Gasteiger partial charge in [-0.15, -0.1) is 0 Å². The minimum Gasteiger partial charge on any atom is -0.373 e. The molecular weight excluding hydrogens is 158 g/mol. The van der Waals surface area contributed by atoms with Gasteiger partial charge in [-0.3, -0.25) is 10.1 Å². The molecule has 0 aliphatic rings. The van der Waals surface area contributed by atoms with Crippen LogP contribution in [0.15, 0.2) is 12.3 Å². The van der Waals surface area contributed by atoms with Gasteiger partial charge in [-0.25, -0.2) is 4.98 Å². The van der Waals surface area contributed by atoms with E-state index < -0.39 is 4.92 Å². The molecular formula is C7H9N3O2. The first-order valence-corrected chi connectivity index (χ1v) is 3.44. The monoisotopic (exact) mass is 167 g/mol. The summed E-state index contributed by atoms with van der Waals surface area (Å²) in [6.07, 6.45) is 1.25. The Labute approximate surface area is 69.6 Å². The molecule has 1 aromatic heterocycles. The second-order valence-corrected chi connectivity index (χ2v) is 2.36. The van der Waals surface area contributed by atoms with E-state index in [0.29, 0.717) is 11.4 Å². The summed E-state index contributed by atoms with van der Waals surface area (Å²) in [5.41, 5.74) is 0.661. The largest absolute Gasteiger partial charge is 0.373 e. The lowest BCUT2D eigenvalue weighted by molar-refractivity contribution is -0.385. The van der Waals surface area contributed by atoms with Crippen LogP contribution in [0.2, 0.25) is 0 Å². The predicted octanol–water partition coefficient (Wildman–Crippen LogP) is 1.34. The van der Waals surface area contributed by atoms with E-state index in [1.807, 2.05) is 0 Å². The Morgan fingerprint density at radius 1 is 1.67 bits per heavy atom. The summed E-state index contributed by atoms with van der Waals surface area (Å²) in [5, 5.41) is 13.2. The molecule has 1 heterocycles. The van der Waals surface area contributed by atoms with Crippen LogP contribution in [-0.4, -0.2) is 17.0 Å². The van der Waals surface area contributed by atoms with Gasteiger partial charge in [0.15, 0.2) is 0 Å². The van der Waals surface area contributed by atoms with Crippen LogP contribution in [0.25, 0.3) is 0 Å². The zero-order valence-corrected chi connectivity index (χ0v) is 6.87. The summed E-state index contributed by atoms with van der Waals surface area (Å²) in [4.78, 5) is 13.8. The first-order chi connectivity index (χ1) is 5.65. The van der Waals surface area contributed by atoms with Crippen molar-refractivity contribution < 1.29 is 4.92 Å².